The van der Waals surface area contributed by atoms with E-state index in [2.05, 4.69) is 10.3 Å². The van der Waals surface area contributed by atoms with Crippen LogP contribution in [0, 0.1) is 0 Å². The van der Waals surface area contributed by atoms with E-state index in [1.54, 1.807) is 37.3 Å². The largest absolute Gasteiger partial charge is 0.484 e. The van der Waals surface area contributed by atoms with Crippen LogP contribution in [-0.4, -0.2) is 35.2 Å². The summed E-state index contributed by atoms with van der Waals surface area (Å²) in [6.07, 6.45) is 1.90. The molecule has 2 aliphatic rings. The van der Waals surface area contributed by atoms with Gasteiger partial charge in [0.05, 0.1) is 23.9 Å². The summed E-state index contributed by atoms with van der Waals surface area (Å²) in [5.74, 6) is -0.182. The van der Waals surface area contributed by atoms with Gasteiger partial charge in [0.1, 0.15) is 5.75 Å². The highest BCUT2D eigenvalue weighted by Crippen LogP contribution is 2.41. The van der Waals surface area contributed by atoms with E-state index in [1.165, 1.54) is 11.8 Å². The number of anilines is 1. The SMILES string of the molecule is CCOC(=O)C1=C(C)N=C2SC=CN2[C@@H]1c1cccc(OCC(=O)Nc2ccc(Cl)cc2)c1. The van der Waals surface area contributed by atoms with Crippen LogP contribution < -0.4 is 10.1 Å². The zero-order chi connectivity index (χ0) is 23.4. The molecule has 0 spiro atoms. The molecule has 1 amide bonds. The fourth-order valence-electron chi connectivity index (χ4n) is 3.55. The first kappa shape index (κ1) is 22.9. The third kappa shape index (κ3) is 5.23. The van der Waals surface area contributed by atoms with Crippen molar-refractivity contribution in [2.45, 2.75) is 19.9 Å². The van der Waals surface area contributed by atoms with E-state index in [-0.39, 0.29) is 19.1 Å². The van der Waals surface area contributed by atoms with E-state index in [0.717, 1.165) is 10.7 Å². The molecule has 1 N–H and O–H groups in total. The second-order valence-corrected chi connectivity index (χ2v) is 8.55. The molecule has 2 aromatic rings. The number of hydrogen-bond donors (Lipinski definition) is 1. The Hall–Kier alpha value is -3.23. The third-order valence-corrected chi connectivity index (χ3v) is 6.01. The number of rotatable bonds is 7. The first-order chi connectivity index (χ1) is 16.0. The van der Waals surface area contributed by atoms with Crippen molar-refractivity contribution in [1.29, 1.82) is 0 Å². The molecular formula is C24H22ClN3O4S. The van der Waals surface area contributed by atoms with Crippen LogP contribution in [0.2, 0.25) is 5.02 Å². The maximum Gasteiger partial charge on any atom is 0.338 e. The number of nitrogens with one attached hydrogen (secondary N) is 1. The number of hydrogen-bond acceptors (Lipinski definition) is 7. The van der Waals surface area contributed by atoms with Crippen LogP contribution in [0.25, 0.3) is 0 Å². The van der Waals surface area contributed by atoms with Gasteiger partial charge in [0.2, 0.25) is 0 Å². The molecule has 2 heterocycles. The molecule has 0 fully saturated rings. The number of carbonyl (C=O) groups is 2. The highest BCUT2D eigenvalue weighted by molar-refractivity contribution is 8.16. The summed E-state index contributed by atoms with van der Waals surface area (Å²) in [6.45, 7) is 3.69. The number of amidine groups is 1. The number of halogens is 1. The lowest BCUT2D eigenvalue weighted by Crippen LogP contribution is -2.34. The third-order valence-electron chi connectivity index (χ3n) is 4.99. The molecule has 0 radical (unpaired) electrons. The molecule has 4 rings (SSSR count). The topological polar surface area (TPSA) is 80.2 Å². The zero-order valence-corrected chi connectivity index (χ0v) is 19.7. The van der Waals surface area contributed by atoms with Crippen LogP contribution in [-0.2, 0) is 14.3 Å². The van der Waals surface area contributed by atoms with Crippen LogP contribution in [0.3, 0.4) is 0 Å². The monoisotopic (exact) mass is 483 g/mol. The van der Waals surface area contributed by atoms with Crippen LogP contribution in [0.5, 0.6) is 5.75 Å². The highest BCUT2D eigenvalue weighted by atomic mass is 35.5. The van der Waals surface area contributed by atoms with Gasteiger partial charge in [-0.2, -0.15) is 0 Å². The molecule has 0 saturated heterocycles. The van der Waals surface area contributed by atoms with Crippen LogP contribution in [0.15, 0.2) is 76.4 Å². The number of nitrogens with zero attached hydrogens (tertiary/aromatic N) is 2. The zero-order valence-electron chi connectivity index (χ0n) is 18.1. The Bertz CT molecular complexity index is 1160. The van der Waals surface area contributed by atoms with Crippen molar-refractivity contribution in [3.05, 3.63) is 82.0 Å². The second kappa shape index (κ2) is 10.1. The van der Waals surface area contributed by atoms with E-state index in [0.29, 0.717) is 27.7 Å². The van der Waals surface area contributed by atoms with Gasteiger partial charge in [-0.3, -0.25) is 4.79 Å². The standard InChI is InChI=1S/C24H22ClN3O4S/c1-3-31-23(30)21-15(2)26-24-28(11-12-33-24)22(21)16-5-4-6-19(13-16)32-14-20(29)27-18-9-7-17(25)8-10-18/h4-13,22H,3,14H2,1-2H3,(H,27,29)/t22-/m1/s1. The number of ether oxygens (including phenoxy) is 2. The van der Waals surface area contributed by atoms with Gasteiger partial charge in [0.25, 0.3) is 5.91 Å². The summed E-state index contributed by atoms with van der Waals surface area (Å²) in [4.78, 5) is 31.6. The molecule has 2 aromatic carbocycles. The lowest BCUT2D eigenvalue weighted by atomic mass is 9.94. The molecule has 0 aromatic heterocycles. The van der Waals surface area contributed by atoms with Crippen LogP contribution in [0.1, 0.15) is 25.5 Å². The minimum Gasteiger partial charge on any atom is -0.484 e. The summed E-state index contributed by atoms with van der Waals surface area (Å²) in [5.41, 5.74) is 2.56. The summed E-state index contributed by atoms with van der Waals surface area (Å²) < 4.78 is 11.0. The average Bonchev–Trinajstić information content (AvgIpc) is 3.26. The molecule has 7 nitrogen and oxygen atoms in total. The fraction of sp³-hybridized carbons (Fsp3) is 0.208. The van der Waals surface area contributed by atoms with Crippen molar-refractivity contribution in [3.63, 3.8) is 0 Å². The van der Waals surface area contributed by atoms with E-state index in [1.807, 2.05) is 41.6 Å². The van der Waals surface area contributed by atoms with Crippen molar-refractivity contribution >= 4 is 46.1 Å². The summed E-state index contributed by atoms with van der Waals surface area (Å²) in [6, 6.07) is 13.8. The summed E-state index contributed by atoms with van der Waals surface area (Å²) >= 11 is 7.36. The molecule has 9 heteroatoms. The molecule has 2 aliphatic heterocycles. The number of esters is 1. The van der Waals surface area contributed by atoms with Gasteiger partial charge >= 0.3 is 5.97 Å². The van der Waals surface area contributed by atoms with Crippen molar-refractivity contribution in [3.8, 4) is 5.75 Å². The predicted molar refractivity (Wildman–Crippen MR) is 130 cm³/mol. The molecule has 33 heavy (non-hydrogen) atoms. The van der Waals surface area contributed by atoms with Crippen LogP contribution in [0.4, 0.5) is 5.69 Å². The Labute approximate surface area is 201 Å². The number of amides is 1. The van der Waals surface area contributed by atoms with Gasteiger partial charge in [-0.25, -0.2) is 9.79 Å². The first-order valence-electron chi connectivity index (χ1n) is 10.3. The average molecular weight is 484 g/mol. The molecule has 170 valence electrons. The van der Waals surface area contributed by atoms with Crippen molar-refractivity contribution in [2.75, 3.05) is 18.5 Å². The minimum atomic E-state index is -0.408. The van der Waals surface area contributed by atoms with Crippen LogP contribution >= 0.6 is 23.4 Å². The van der Waals surface area contributed by atoms with E-state index >= 15 is 0 Å². The molecular weight excluding hydrogens is 462 g/mol. The summed E-state index contributed by atoms with van der Waals surface area (Å²) in [5, 5.41) is 6.07. The van der Waals surface area contributed by atoms with E-state index < -0.39 is 12.0 Å². The van der Waals surface area contributed by atoms with Gasteiger partial charge in [0.15, 0.2) is 11.8 Å². The molecule has 0 bridgehead atoms. The maximum absolute atomic E-state index is 12.8. The van der Waals surface area contributed by atoms with Crippen molar-refractivity contribution in [1.82, 2.24) is 4.90 Å². The van der Waals surface area contributed by atoms with Gasteiger partial charge in [-0.15, -0.1) is 0 Å². The number of carbonyl (C=O) groups excluding carboxylic acids is 2. The normalized spacial score (nSPS) is 16.9. The number of aliphatic imine (C=N–C) groups is 1. The van der Waals surface area contributed by atoms with Crippen molar-refractivity contribution < 1.29 is 19.1 Å². The van der Waals surface area contributed by atoms with E-state index in [4.69, 9.17) is 21.1 Å². The Morgan fingerprint density at radius 2 is 2.00 bits per heavy atom. The first-order valence-corrected chi connectivity index (χ1v) is 11.6. The molecule has 1 atom stereocenters. The quantitative estimate of drug-likeness (QED) is 0.550. The molecule has 0 unspecified atom stereocenters. The Kier molecular flexibility index (Phi) is 7.05. The molecule has 0 aliphatic carbocycles. The lowest BCUT2D eigenvalue weighted by Gasteiger charge is -2.33. The lowest BCUT2D eigenvalue weighted by molar-refractivity contribution is -0.139. The Morgan fingerprint density at radius 3 is 2.76 bits per heavy atom. The van der Waals surface area contributed by atoms with Gasteiger partial charge < -0.3 is 19.7 Å². The second-order valence-electron chi connectivity index (χ2n) is 7.24. The van der Waals surface area contributed by atoms with Gasteiger partial charge in [0, 0.05) is 16.9 Å². The fourth-order valence-corrected chi connectivity index (χ4v) is 4.47. The van der Waals surface area contributed by atoms with Crippen molar-refractivity contribution in [2.24, 2.45) is 4.99 Å². The number of allylic oxidation sites excluding steroid dienone is 1. The maximum atomic E-state index is 12.8. The predicted octanol–water partition coefficient (Wildman–Crippen LogP) is 5.13. The number of benzene rings is 2. The van der Waals surface area contributed by atoms with Gasteiger partial charge in [-0.05, 0) is 61.2 Å². The Balaban J connectivity index is 1.52. The van der Waals surface area contributed by atoms with Gasteiger partial charge in [-0.1, -0.05) is 35.5 Å². The molecule has 0 saturated carbocycles. The summed E-state index contributed by atoms with van der Waals surface area (Å²) in [7, 11) is 0. The van der Waals surface area contributed by atoms with E-state index in [9.17, 15) is 9.59 Å². The number of thioether (sulfide) groups is 1. The Morgan fingerprint density at radius 1 is 1.21 bits per heavy atom. The minimum absolute atomic E-state index is 0.164. The highest BCUT2D eigenvalue weighted by Gasteiger charge is 2.37. The number of fused-ring (bicyclic) bond motifs is 1. The smallest absolute Gasteiger partial charge is 0.338 e.